The minimum absolute atomic E-state index is 0.0154. The Balaban J connectivity index is 1.41. The van der Waals surface area contributed by atoms with E-state index in [1.165, 1.54) is 51.3 Å². The van der Waals surface area contributed by atoms with Gasteiger partial charge in [-0.3, -0.25) is 14.4 Å². The van der Waals surface area contributed by atoms with Crippen LogP contribution in [0, 0.1) is 0 Å². The summed E-state index contributed by atoms with van der Waals surface area (Å²) >= 11 is 1.31. The lowest BCUT2D eigenvalue weighted by atomic mass is 10.1. The molecular formula is C39H35N3O7S. The first-order valence-electron chi connectivity index (χ1n) is 15.4. The van der Waals surface area contributed by atoms with Crippen molar-refractivity contribution in [1.29, 1.82) is 0 Å². The lowest BCUT2D eigenvalue weighted by molar-refractivity contribution is -0.116. The van der Waals surface area contributed by atoms with Crippen molar-refractivity contribution in [2.24, 2.45) is 0 Å². The van der Waals surface area contributed by atoms with Gasteiger partial charge in [0.2, 0.25) is 5.91 Å². The Hall–Kier alpha value is -6.20. The number of benzene rings is 5. The first-order valence-corrected chi connectivity index (χ1v) is 16.3. The predicted octanol–water partition coefficient (Wildman–Crippen LogP) is 7.30. The first kappa shape index (κ1) is 35.1. The van der Waals surface area contributed by atoms with Gasteiger partial charge in [-0.05, 0) is 54.1 Å². The highest BCUT2D eigenvalue weighted by Crippen LogP contribution is 2.38. The van der Waals surface area contributed by atoms with Gasteiger partial charge in [-0.1, -0.05) is 54.6 Å². The maximum Gasteiger partial charge on any atom is 0.272 e. The van der Waals surface area contributed by atoms with Crippen LogP contribution in [0.1, 0.15) is 26.7 Å². The second kappa shape index (κ2) is 16.8. The zero-order valence-corrected chi connectivity index (χ0v) is 28.3. The number of anilines is 2. The lowest BCUT2D eigenvalue weighted by Gasteiger charge is -2.18. The molecule has 1 atom stereocenters. The van der Waals surface area contributed by atoms with Crippen LogP contribution in [-0.2, 0) is 9.59 Å². The molecule has 254 valence electrons. The van der Waals surface area contributed by atoms with Crippen molar-refractivity contribution in [3.8, 4) is 23.0 Å². The van der Waals surface area contributed by atoms with Crippen LogP contribution < -0.4 is 30.2 Å². The van der Waals surface area contributed by atoms with E-state index < -0.39 is 17.1 Å². The normalized spacial score (nSPS) is 11.5. The minimum Gasteiger partial charge on any atom is -0.508 e. The Labute approximate surface area is 294 Å². The van der Waals surface area contributed by atoms with E-state index in [0.29, 0.717) is 44.6 Å². The van der Waals surface area contributed by atoms with Gasteiger partial charge in [-0.25, -0.2) is 0 Å². The number of aromatic hydroxyl groups is 1. The molecular weight excluding hydrogens is 655 g/mol. The topological polar surface area (TPSA) is 135 Å². The first-order chi connectivity index (χ1) is 24.3. The molecule has 4 N–H and O–H groups in total. The summed E-state index contributed by atoms with van der Waals surface area (Å²) in [5.41, 5.74) is 2.48. The molecule has 50 heavy (non-hydrogen) atoms. The summed E-state index contributed by atoms with van der Waals surface area (Å²) in [7, 11) is 4.51. The third-order valence-electron chi connectivity index (χ3n) is 7.35. The summed E-state index contributed by atoms with van der Waals surface area (Å²) in [6, 6.07) is 34.5. The van der Waals surface area contributed by atoms with Crippen LogP contribution in [0.4, 0.5) is 11.4 Å². The molecule has 0 bridgehead atoms. The molecule has 3 amide bonds. The van der Waals surface area contributed by atoms with Gasteiger partial charge >= 0.3 is 0 Å². The summed E-state index contributed by atoms with van der Waals surface area (Å²) in [5, 5.41) is 17.8. The quantitative estimate of drug-likeness (QED) is 0.0748. The molecule has 0 aliphatic carbocycles. The third-order valence-corrected chi connectivity index (χ3v) is 8.60. The molecule has 0 aliphatic heterocycles. The fraction of sp³-hybridized carbons (Fsp3) is 0.103. The summed E-state index contributed by atoms with van der Waals surface area (Å²) in [5.74, 6) is -0.00922. The molecule has 0 spiro atoms. The molecule has 10 nitrogen and oxygen atoms in total. The molecule has 0 heterocycles. The Morgan fingerprint density at radius 3 is 2.04 bits per heavy atom. The van der Waals surface area contributed by atoms with Crippen LogP contribution >= 0.6 is 11.8 Å². The largest absolute Gasteiger partial charge is 0.508 e. The van der Waals surface area contributed by atoms with Gasteiger partial charge in [0.05, 0.1) is 21.3 Å². The van der Waals surface area contributed by atoms with Crippen LogP contribution in [0.2, 0.25) is 0 Å². The average molecular weight is 690 g/mol. The Bertz CT molecular complexity index is 1980. The van der Waals surface area contributed by atoms with Gasteiger partial charge in [-0.2, -0.15) is 0 Å². The summed E-state index contributed by atoms with van der Waals surface area (Å²) in [6.07, 6.45) is 1.47. The van der Waals surface area contributed by atoms with Crippen molar-refractivity contribution in [2.45, 2.75) is 10.1 Å². The maximum atomic E-state index is 13.8. The zero-order chi connectivity index (χ0) is 35.5. The molecule has 0 aliphatic rings. The van der Waals surface area contributed by atoms with Crippen LogP contribution in [0.5, 0.6) is 23.0 Å². The van der Waals surface area contributed by atoms with Gasteiger partial charge in [0, 0.05) is 51.7 Å². The Morgan fingerprint density at radius 2 is 1.38 bits per heavy atom. The highest BCUT2D eigenvalue weighted by molar-refractivity contribution is 8.00. The number of carbonyl (C=O) groups is 3. The number of hydrogen-bond donors (Lipinski definition) is 4. The fourth-order valence-electron chi connectivity index (χ4n) is 4.89. The van der Waals surface area contributed by atoms with E-state index in [1.807, 2.05) is 36.4 Å². The molecule has 1 unspecified atom stereocenters. The van der Waals surface area contributed by atoms with Crippen LogP contribution in [-0.4, -0.2) is 44.2 Å². The summed E-state index contributed by atoms with van der Waals surface area (Å²) < 4.78 is 16.1. The third kappa shape index (κ3) is 9.24. The molecule has 0 aromatic heterocycles. The number of phenols is 1. The molecule has 5 rings (SSSR count). The monoisotopic (exact) mass is 689 g/mol. The molecule has 0 saturated heterocycles. The van der Waals surface area contributed by atoms with E-state index in [2.05, 4.69) is 16.0 Å². The van der Waals surface area contributed by atoms with Crippen LogP contribution in [0.25, 0.3) is 6.08 Å². The van der Waals surface area contributed by atoms with E-state index in [1.54, 1.807) is 72.8 Å². The average Bonchev–Trinajstić information content (AvgIpc) is 3.14. The van der Waals surface area contributed by atoms with Gasteiger partial charge in [0.1, 0.15) is 33.9 Å². The number of carbonyl (C=O) groups excluding carboxylic acids is 3. The van der Waals surface area contributed by atoms with E-state index >= 15 is 0 Å². The Kier molecular flexibility index (Phi) is 11.8. The summed E-state index contributed by atoms with van der Waals surface area (Å²) in [6.45, 7) is 0. The van der Waals surface area contributed by atoms with Gasteiger partial charge in [0.15, 0.2) is 0 Å². The highest BCUT2D eigenvalue weighted by Gasteiger charge is 2.23. The van der Waals surface area contributed by atoms with Crippen molar-refractivity contribution in [2.75, 3.05) is 32.0 Å². The van der Waals surface area contributed by atoms with Gasteiger partial charge in [0.25, 0.3) is 11.8 Å². The SMILES string of the molecule is COc1cc(NC(=O)C(Sc2cccc(NC(=O)/C(=C\c3ccc(O)cc3OC)NC(=O)c3ccccc3)c2)c2ccccc2)cc(OC)c1. The number of methoxy groups -OCH3 is 3. The molecule has 0 fully saturated rings. The minimum atomic E-state index is -0.665. The van der Waals surface area contributed by atoms with Crippen molar-refractivity contribution in [3.05, 3.63) is 144 Å². The maximum absolute atomic E-state index is 13.8. The van der Waals surface area contributed by atoms with Gasteiger partial charge < -0.3 is 35.3 Å². The molecule has 11 heteroatoms. The number of hydrogen-bond acceptors (Lipinski definition) is 8. The number of amides is 3. The standard InChI is InChI=1S/C39H35N3O7S/c1-47-31-20-29(21-32(24-31)48-2)41-39(46)36(25-11-6-4-7-12-25)50-33-16-10-15-28(22-33)40-38(45)34(42-37(44)26-13-8-5-9-14-26)19-27-17-18-30(43)23-35(27)49-3/h4-24,36,43H,1-3H3,(H,40,45)(H,41,46)(H,42,44)/b34-19+. The van der Waals surface area contributed by atoms with Crippen molar-refractivity contribution in [3.63, 3.8) is 0 Å². The molecule has 0 radical (unpaired) electrons. The van der Waals surface area contributed by atoms with Crippen LogP contribution in [0.15, 0.2) is 132 Å². The van der Waals surface area contributed by atoms with E-state index in [4.69, 9.17) is 14.2 Å². The zero-order valence-electron chi connectivity index (χ0n) is 27.5. The number of thioether (sulfide) groups is 1. The summed E-state index contributed by atoms with van der Waals surface area (Å²) in [4.78, 5) is 41.4. The second-order valence-corrected chi connectivity index (χ2v) is 12.0. The van der Waals surface area contributed by atoms with Crippen molar-refractivity contribution in [1.82, 2.24) is 5.32 Å². The number of rotatable bonds is 13. The van der Waals surface area contributed by atoms with Crippen LogP contribution in [0.3, 0.4) is 0 Å². The van der Waals surface area contributed by atoms with Gasteiger partial charge in [-0.15, -0.1) is 11.8 Å². The number of ether oxygens (including phenoxy) is 3. The van der Waals surface area contributed by atoms with Crippen molar-refractivity contribution < 1.29 is 33.7 Å². The predicted molar refractivity (Wildman–Crippen MR) is 195 cm³/mol. The molecule has 5 aromatic carbocycles. The Morgan fingerprint density at radius 1 is 0.700 bits per heavy atom. The van der Waals surface area contributed by atoms with Crippen molar-refractivity contribution >= 4 is 46.9 Å². The molecule has 0 saturated carbocycles. The smallest absolute Gasteiger partial charge is 0.272 e. The fourth-order valence-corrected chi connectivity index (χ4v) is 5.97. The van der Waals surface area contributed by atoms with E-state index in [-0.39, 0.29) is 17.4 Å². The number of nitrogens with one attached hydrogen (secondary N) is 3. The second-order valence-electron chi connectivity index (χ2n) is 10.8. The lowest BCUT2D eigenvalue weighted by Crippen LogP contribution is -2.30. The molecule has 5 aromatic rings. The van der Waals surface area contributed by atoms with E-state index in [9.17, 15) is 19.5 Å². The number of phenolic OH excluding ortho intramolecular Hbond substituents is 1. The highest BCUT2D eigenvalue weighted by atomic mass is 32.2. The van der Waals surface area contributed by atoms with E-state index in [0.717, 1.165) is 5.56 Å².